The second kappa shape index (κ2) is 5.67. The van der Waals surface area contributed by atoms with E-state index in [0.29, 0.717) is 17.9 Å². The summed E-state index contributed by atoms with van der Waals surface area (Å²) in [7, 11) is 0. The number of carbonyl (C=O) groups is 1. The van der Waals surface area contributed by atoms with Crippen molar-refractivity contribution in [3.05, 3.63) is 0 Å². The standard InChI is InChI=1S/C13H24N2O/c1-2-15(12-8-5-9-14-10-12)13(16)11-6-3-4-7-11/h11-12,14H,2-10H2,1H3. The molecule has 0 aromatic heterocycles. The number of rotatable bonds is 3. The minimum Gasteiger partial charge on any atom is -0.338 e. The molecular weight excluding hydrogens is 200 g/mol. The number of nitrogens with one attached hydrogen (secondary N) is 1. The Morgan fingerprint density at radius 3 is 2.56 bits per heavy atom. The second-order valence-corrected chi connectivity index (χ2v) is 5.11. The number of amides is 1. The molecule has 92 valence electrons. The Morgan fingerprint density at radius 2 is 2.00 bits per heavy atom. The van der Waals surface area contributed by atoms with Gasteiger partial charge in [-0.15, -0.1) is 0 Å². The first-order chi connectivity index (χ1) is 7.83. The Morgan fingerprint density at radius 1 is 1.25 bits per heavy atom. The van der Waals surface area contributed by atoms with Gasteiger partial charge in [0.05, 0.1) is 0 Å². The van der Waals surface area contributed by atoms with Crippen molar-refractivity contribution in [1.82, 2.24) is 10.2 Å². The highest BCUT2D eigenvalue weighted by atomic mass is 16.2. The molecule has 0 aromatic carbocycles. The van der Waals surface area contributed by atoms with Gasteiger partial charge in [-0.1, -0.05) is 12.8 Å². The van der Waals surface area contributed by atoms with E-state index < -0.39 is 0 Å². The maximum atomic E-state index is 12.4. The predicted octanol–water partition coefficient (Wildman–Crippen LogP) is 1.78. The van der Waals surface area contributed by atoms with E-state index in [9.17, 15) is 4.79 Å². The highest BCUT2D eigenvalue weighted by molar-refractivity contribution is 5.79. The number of piperidine rings is 1. The van der Waals surface area contributed by atoms with Crippen molar-refractivity contribution < 1.29 is 4.79 Å². The lowest BCUT2D eigenvalue weighted by atomic mass is 10.0. The Kier molecular flexibility index (Phi) is 4.22. The van der Waals surface area contributed by atoms with Gasteiger partial charge in [0.15, 0.2) is 0 Å². The second-order valence-electron chi connectivity index (χ2n) is 5.11. The molecular formula is C13H24N2O. The minimum atomic E-state index is 0.335. The molecule has 1 aliphatic carbocycles. The zero-order valence-corrected chi connectivity index (χ0v) is 10.4. The normalized spacial score (nSPS) is 26.9. The van der Waals surface area contributed by atoms with E-state index in [1.54, 1.807) is 0 Å². The molecule has 0 spiro atoms. The monoisotopic (exact) mass is 224 g/mol. The van der Waals surface area contributed by atoms with Crippen LogP contribution in [0.25, 0.3) is 0 Å². The van der Waals surface area contributed by atoms with Crippen molar-refractivity contribution in [2.75, 3.05) is 19.6 Å². The van der Waals surface area contributed by atoms with E-state index in [2.05, 4.69) is 17.1 Å². The third-order valence-corrected chi connectivity index (χ3v) is 4.04. The van der Waals surface area contributed by atoms with E-state index >= 15 is 0 Å². The average molecular weight is 224 g/mol. The number of likely N-dealkylation sites (N-methyl/N-ethyl adjacent to an activating group) is 1. The molecule has 0 aromatic rings. The molecule has 16 heavy (non-hydrogen) atoms. The fraction of sp³-hybridized carbons (Fsp3) is 0.923. The number of hydrogen-bond donors (Lipinski definition) is 1. The van der Waals surface area contributed by atoms with Crippen LogP contribution < -0.4 is 5.32 Å². The van der Waals surface area contributed by atoms with Gasteiger partial charge in [-0.25, -0.2) is 0 Å². The van der Waals surface area contributed by atoms with Crippen LogP contribution in [0.3, 0.4) is 0 Å². The third-order valence-electron chi connectivity index (χ3n) is 4.04. The highest BCUT2D eigenvalue weighted by Crippen LogP contribution is 2.27. The summed E-state index contributed by atoms with van der Waals surface area (Å²) in [6, 6.07) is 0.451. The van der Waals surface area contributed by atoms with Crippen molar-refractivity contribution in [1.29, 1.82) is 0 Å². The highest BCUT2D eigenvalue weighted by Gasteiger charge is 2.30. The molecule has 1 amide bonds. The fourth-order valence-corrected chi connectivity index (χ4v) is 3.10. The van der Waals surface area contributed by atoms with Gasteiger partial charge in [-0.2, -0.15) is 0 Å². The van der Waals surface area contributed by atoms with Gasteiger partial charge in [-0.05, 0) is 39.2 Å². The molecule has 1 aliphatic heterocycles. The summed E-state index contributed by atoms with van der Waals surface area (Å²) in [5, 5.41) is 3.40. The van der Waals surface area contributed by atoms with Gasteiger partial charge in [0.1, 0.15) is 0 Å². The third kappa shape index (κ3) is 2.57. The Bertz CT molecular complexity index is 230. The Hall–Kier alpha value is -0.570. The predicted molar refractivity (Wildman–Crippen MR) is 65.2 cm³/mol. The molecule has 3 nitrogen and oxygen atoms in total. The molecule has 1 unspecified atom stereocenters. The zero-order chi connectivity index (χ0) is 11.4. The van der Waals surface area contributed by atoms with Gasteiger partial charge >= 0.3 is 0 Å². The van der Waals surface area contributed by atoms with Crippen molar-refractivity contribution in [2.24, 2.45) is 5.92 Å². The topological polar surface area (TPSA) is 32.3 Å². The molecule has 1 saturated carbocycles. The van der Waals surface area contributed by atoms with Crippen molar-refractivity contribution in [3.63, 3.8) is 0 Å². The van der Waals surface area contributed by atoms with Gasteiger partial charge < -0.3 is 10.2 Å². The smallest absolute Gasteiger partial charge is 0.225 e. The summed E-state index contributed by atoms with van der Waals surface area (Å²) in [6.07, 6.45) is 7.12. The molecule has 0 radical (unpaired) electrons. The molecule has 1 atom stereocenters. The van der Waals surface area contributed by atoms with E-state index in [-0.39, 0.29) is 0 Å². The molecule has 2 aliphatic rings. The first kappa shape index (κ1) is 11.9. The first-order valence-electron chi connectivity index (χ1n) is 6.84. The minimum absolute atomic E-state index is 0.335. The van der Waals surface area contributed by atoms with E-state index in [0.717, 1.165) is 32.5 Å². The van der Waals surface area contributed by atoms with E-state index in [1.165, 1.54) is 25.7 Å². The quantitative estimate of drug-likeness (QED) is 0.792. The zero-order valence-electron chi connectivity index (χ0n) is 10.4. The van der Waals surface area contributed by atoms with Crippen LogP contribution in [-0.2, 0) is 4.79 Å². The fourth-order valence-electron chi connectivity index (χ4n) is 3.10. The molecule has 1 N–H and O–H groups in total. The number of nitrogens with zero attached hydrogens (tertiary/aromatic N) is 1. The van der Waals surface area contributed by atoms with Crippen LogP contribution in [0.1, 0.15) is 45.4 Å². The van der Waals surface area contributed by atoms with Crippen LogP contribution in [0.4, 0.5) is 0 Å². The SMILES string of the molecule is CCN(C(=O)C1CCCC1)C1CCCNC1. The van der Waals surface area contributed by atoms with Crippen LogP contribution in [0, 0.1) is 5.92 Å². The summed E-state index contributed by atoms with van der Waals surface area (Å²) in [5.41, 5.74) is 0. The molecule has 1 saturated heterocycles. The molecule has 0 bridgehead atoms. The Labute approximate surface area is 98.6 Å². The summed E-state index contributed by atoms with van der Waals surface area (Å²) in [5.74, 6) is 0.760. The van der Waals surface area contributed by atoms with Crippen LogP contribution in [0.5, 0.6) is 0 Å². The van der Waals surface area contributed by atoms with E-state index in [1.807, 2.05) is 0 Å². The first-order valence-corrected chi connectivity index (χ1v) is 6.84. The van der Waals surface area contributed by atoms with Crippen LogP contribution in [-0.4, -0.2) is 36.5 Å². The lowest BCUT2D eigenvalue weighted by Crippen LogP contribution is -2.50. The largest absolute Gasteiger partial charge is 0.338 e. The molecule has 2 rings (SSSR count). The number of carbonyl (C=O) groups excluding carboxylic acids is 1. The maximum absolute atomic E-state index is 12.4. The van der Waals surface area contributed by atoms with Gasteiger partial charge in [0.25, 0.3) is 0 Å². The van der Waals surface area contributed by atoms with Crippen molar-refractivity contribution >= 4 is 5.91 Å². The summed E-state index contributed by atoms with van der Waals surface area (Å²) in [4.78, 5) is 14.5. The van der Waals surface area contributed by atoms with Crippen LogP contribution in [0.15, 0.2) is 0 Å². The maximum Gasteiger partial charge on any atom is 0.225 e. The van der Waals surface area contributed by atoms with Gasteiger partial charge in [0, 0.05) is 25.0 Å². The van der Waals surface area contributed by atoms with Gasteiger partial charge in [0.2, 0.25) is 5.91 Å². The summed E-state index contributed by atoms with van der Waals surface area (Å²) >= 11 is 0. The van der Waals surface area contributed by atoms with Crippen molar-refractivity contribution in [2.45, 2.75) is 51.5 Å². The summed E-state index contributed by atoms with van der Waals surface area (Å²) in [6.45, 7) is 5.10. The van der Waals surface area contributed by atoms with Crippen LogP contribution >= 0.6 is 0 Å². The van der Waals surface area contributed by atoms with Crippen LogP contribution in [0.2, 0.25) is 0 Å². The van der Waals surface area contributed by atoms with Gasteiger partial charge in [-0.3, -0.25) is 4.79 Å². The summed E-state index contributed by atoms with van der Waals surface area (Å²) < 4.78 is 0. The lowest BCUT2D eigenvalue weighted by Gasteiger charge is -2.35. The Balaban J connectivity index is 1.94. The molecule has 3 heteroatoms. The number of hydrogen-bond acceptors (Lipinski definition) is 2. The average Bonchev–Trinajstić information content (AvgIpc) is 2.85. The molecule has 2 fully saturated rings. The molecule has 1 heterocycles. The van der Waals surface area contributed by atoms with E-state index in [4.69, 9.17) is 0 Å². The van der Waals surface area contributed by atoms with Crippen molar-refractivity contribution in [3.8, 4) is 0 Å². The lowest BCUT2D eigenvalue weighted by molar-refractivity contribution is -0.137.